The quantitative estimate of drug-likeness (QED) is 0.372. The molecule has 0 atom stereocenters. The highest BCUT2D eigenvalue weighted by atomic mass is 19.4. The second-order valence-electron chi connectivity index (χ2n) is 7.09. The molecule has 1 aliphatic rings. The fourth-order valence-corrected chi connectivity index (χ4v) is 3.90. The Morgan fingerprint density at radius 3 is 2.50 bits per heavy atom. The third kappa shape index (κ3) is 3.34. The Hall–Kier alpha value is -2.90. The molecule has 0 amide bonds. The maximum Gasteiger partial charge on any atom is 0.416 e. The van der Waals surface area contributed by atoms with Crippen molar-refractivity contribution in [2.45, 2.75) is 44.9 Å². The van der Waals surface area contributed by atoms with Crippen molar-refractivity contribution in [3.05, 3.63) is 69.5 Å². The summed E-state index contributed by atoms with van der Waals surface area (Å²) in [4.78, 5) is 10.4. The molecule has 0 bridgehead atoms. The van der Waals surface area contributed by atoms with Gasteiger partial charge in [-0.2, -0.15) is 13.2 Å². The van der Waals surface area contributed by atoms with Gasteiger partial charge in [0.1, 0.15) is 6.54 Å². The van der Waals surface area contributed by atoms with Crippen LogP contribution in [0.4, 0.5) is 18.9 Å². The molecule has 0 N–H and O–H groups in total. The number of fused-ring (bicyclic) bond motifs is 3. The third-order valence-corrected chi connectivity index (χ3v) is 5.28. The number of aryl methyl sites for hydroxylation is 1. The first-order valence-electron chi connectivity index (χ1n) is 9.20. The van der Waals surface area contributed by atoms with Crippen LogP contribution in [0.15, 0.2) is 42.5 Å². The van der Waals surface area contributed by atoms with Crippen molar-refractivity contribution in [1.82, 2.24) is 4.57 Å². The van der Waals surface area contributed by atoms with E-state index in [2.05, 4.69) is 4.57 Å². The van der Waals surface area contributed by atoms with Gasteiger partial charge < -0.3 is 0 Å². The summed E-state index contributed by atoms with van der Waals surface area (Å²) in [6.45, 7) is 1.16. The lowest BCUT2D eigenvalue weighted by Gasteiger charge is -2.06. The molecular weight excluding hydrogens is 371 g/mol. The normalized spacial score (nSPS) is 14.7. The average molecular weight is 390 g/mol. The Bertz CT molecular complexity index is 1040. The van der Waals surface area contributed by atoms with E-state index in [1.807, 2.05) is 4.57 Å². The summed E-state index contributed by atoms with van der Waals surface area (Å²) in [7, 11) is 0. The number of rotatable bonds is 3. The Morgan fingerprint density at radius 2 is 1.82 bits per heavy atom. The minimum atomic E-state index is -4.40. The number of aromatic nitrogens is 2. The zero-order valence-corrected chi connectivity index (χ0v) is 15.1. The lowest BCUT2D eigenvalue weighted by molar-refractivity contribution is -0.678. The van der Waals surface area contributed by atoms with Crippen molar-refractivity contribution in [2.75, 3.05) is 0 Å². The number of hydrogen-bond acceptors (Lipinski definition) is 2. The number of nitro groups is 1. The summed E-state index contributed by atoms with van der Waals surface area (Å²) in [6, 6.07) is 10.1. The monoisotopic (exact) mass is 390 g/mol. The maximum absolute atomic E-state index is 13.3. The average Bonchev–Trinajstić information content (AvgIpc) is 2.81. The van der Waals surface area contributed by atoms with E-state index in [-0.39, 0.29) is 5.69 Å². The van der Waals surface area contributed by atoms with Gasteiger partial charge in [0.25, 0.3) is 11.5 Å². The van der Waals surface area contributed by atoms with Gasteiger partial charge in [-0.3, -0.25) is 10.1 Å². The number of hydrogen-bond donors (Lipinski definition) is 0. The van der Waals surface area contributed by atoms with Crippen LogP contribution in [-0.4, -0.2) is 9.49 Å². The Labute approximate surface area is 159 Å². The fraction of sp³-hybridized carbons (Fsp3) is 0.350. The molecule has 2 aromatic carbocycles. The van der Waals surface area contributed by atoms with Gasteiger partial charge in [0.15, 0.2) is 11.0 Å². The smallest absolute Gasteiger partial charge is 0.258 e. The molecule has 8 heteroatoms. The van der Waals surface area contributed by atoms with E-state index in [0.29, 0.717) is 12.1 Å². The van der Waals surface area contributed by atoms with Crippen LogP contribution in [-0.2, 0) is 25.7 Å². The number of imidazole rings is 1. The van der Waals surface area contributed by atoms with E-state index in [4.69, 9.17) is 0 Å². The van der Waals surface area contributed by atoms with Crippen LogP contribution in [0.3, 0.4) is 0 Å². The van der Waals surface area contributed by atoms with Gasteiger partial charge in [0.05, 0.1) is 17.0 Å². The van der Waals surface area contributed by atoms with Crippen LogP contribution >= 0.6 is 0 Å². The number of nitrogens with zero attached hydrogens (tertiary/aromatic N) is 3. The highest BCUT2D eigenvalue weighted by molar-refractivity contribution is 5.74. The molecule has 5 nitrogen and oxygen atoms in total. The van der Waals surface area contributed by atoms with Crippen molar-refractivity contribution >= 4 is 16.7 Å². The molecule has 0 spiro atoms. The fourth-order valence-electron chi connectivity index (χ4n) is 3.90. The summed E-state index contributed by atoms with van der Waals surface area (Å²) in [6.07, 6.45) is -0.541. The van der Waals surface area contributed by atoms with Crippen LogP contribution in [0.2, 0.25) is 0 Å². The molecule has 28 heavy (non-hydrogen) atoms. The molecule has 0 radical (unpaired) electrons. The molecular formula is C20H19F3N3O2+. The second kappa shape index (κ2) is 6.92. The number of non-ortho nitro benzene ring substituents is 1. The third-order valence-electron chi connectivity index (χ3n) is 5.28. The first-order valence-corrected chi connectivity index (χ1v) is 9.20. The zero-order chi connectivity index (χ0) is 19.9. The molecule has 0 aliphatic carbocycles. The highest BCUT2D eigenvalue weighted by Crippen LogP contribution is 2.32. The van der Waals surface area contributed by atoms with E-state index in [0.717, 1.165) is 55.2 Å². The van der Waals surface area contributed by atoms with Crippen molar-refractivity contribution < 1.29 is 22.7 Å². The molecule has 2 heterocycles. The first-order chi connectivity index (χ1) is 13.3. The SMILES string of the molecule is O=[N+]([O-])c1ccc(Cn2c3[n+](c4ccc(C(F)(F)F)cc42)CCCCC3)cc1. The maximum atomic E-state index is 13.3. The Morgan fingerprint density at radius 1 is 1.07 bits per heavy atom. The summed E-state index contributed by atoms with van der Waals surface area (Å²) >= 11 is 0. The number of alkyl halides is 3. The van der Waals surface area contributed by atoms with Gasteiger partial charge >= 0.3 is 6.18 Å². The summed E-state index contributed by atoms with van der Waals surface area (Å²) in [5.41, 5.74) is 1.48. The predicted octanol–water partition coefficient (Wildman–Crippen LogP) is 4.63. The molecule has 0 saturated heterocycles. The van der Waals surface area contributed by atoms with Crippen molar-refractivity contribution in [3.63, 3.8) is 0 Å². The summed E-state index contributed by atoms with van der Waals surface area (Å²) in [5.74, 6) is 1.00. The van der Waals surface area contributed by atoms with Crippen LogP contribution in [0.5, 0.6) is 0 Å². The van der Waals surface area contributed by atoms with Crippen molar-refractivity contribution in [1.29, 1.82) is 0 Å². The lowest BCUT2D eigenvalue weighted by atomic mass is 10.1. The predicted molar refractivity (Wildman–Crippen MR) is 96.9 cm³/mol. The molecule has 3 aromatic rings. The van der Waals surface area contributed by atoms with Crippen LogP contribution < -0.4 is 4.57 Å². The van der Waals surface area contributed by atoms with E-state index < -0.39 is 16.7 Å². The van der Waals surface area contributed by atoms with E-state index >= 15 is 0 Å². The van der Waals surface area contributed by atoms with Crippen LogP contribution in [0.1, 0.15) is 36.2 Å². The van der Waals surface area contributed by atoms with Crippen LogP contribution in [0, 0.1) is 10.1 Å². The van der Waals surface area contributed by atoms with E-state index in [1.54, 1.807) is 18.2 Å². The minimum Gasteiger partial charge on any atom is -0.258 e. The van der Waals surface area contributed by atoms with E-state index in [1.165, 1.54) is 18.2 Å². The highest BCUT2D eigenvalue weighted by Gasteiger charge is 2.34. The van der Waals surface area contributed by atoms with Gasteiger partial charge in [0.2, 0.25) is 0 Å². The Balaban J connectivity index is 1.84. The van der Waals surface area contributed by atoms with Gasteiger partial charge in [-0.1, -0.05) is 0 Å². The zero-order valence-electron chi connectivity index (χ0n) is 15.1. The topological polar surface area (TPSA) is 52.0 Å². The van der Waals surface area contributed by atoms with Gasteiger partial charge in [0, 0.05) is 24.6 Å². The minimum absolute atomic E-state index is 0.00586. The van der Waals surface area contributed by atoms with Crippen LogP contribution in [0.25, 0.3) is 11.0 Å². The van der Waals surface area contributed by atoms with Crippen molar-refractivity contribution in [2.24, 2.45) is 0 Å². The molecule has 0 fully saturated rings. The lowest BCUT2D eigenvalue weighted by Crippen LogP contribution is -2.37. The van der Waals surface area contributed by atoms with Gasteiger partial charge in [-0.05, 0) is 49.1 Å². The standard InChI is InChI=1S/C20H19F3N3O2/c21-20(22,23)15-7-10-17-18(12-15)25(19-4-2-1-3-11-24(17)19)13-14-5-8-16(9-6-14)26(27)28/h5-10,12H,1-4,11,13H2/q+1. The second-order valence-corrected chi connectivity index (χ2v) is 7.09. The van der Waals surface area contributed by atoms with Gasteiger partial charge in [-0.15, -0.1) is 0 Å². The largest absolute Gasteiger partial charge is 0.416 e. The molecule has 0 unspecified atom stereocenters. The summed E-state index contributed by atoms with van der Waals surface area (Å²) < 4.78 is 43.8. The molecule has 146 valence electrons. The molecule has 1 aliphatic heterocycles. The number of benzene rings is 2. The molecule has 0 saturated carbocycles. The summed E-state index contributed by atoms with van der Waals surface area (Å²) in [5, 5.41) is 10.9. The number of halogens is 3. The molecule has 4 rings (SSSR count). The Kier molecular flexibility index (Phi) is 4.56. The van der Waals surface area contributed by atoms with Gasteiger partial charge in [-0.25, -0.2) is 9.13 Å². The van der Waals surface area contributed by atoms with E-state index in [9.17, 15) is 23.3 Å². The number of nitro benzene ring substituents is 1. The first kappa shape index (κ1) is 18.5. The van der Waals surface area contributed by atoms with Crippen molar-refractivity contribution in [3.8, 4) is 0 Å². The molecule has 1 aromatic heterocycles.